The Balaban J connectivity index is 1.59. The molecule has 3 nitrogen and oxygen atoms in total. The number of imidazole rings is 1. The van der Waals surface area contributed by atoms with Crippen molar-refractivity contribution in [2.75, 3.05) is 18.0 Å². The lowest BCUT2D eigenvalue weighted by molar-refractivity contribution is 0.808. The first-order chi connectivity index (χ1) is 9.90. The first kappa shape index (κ1) is 11.7. The van der Waals surface area contributed by atoms with Crippen LogP contribution in [0.1, 0.15) is 11.3 Å². The quantitative estimate of drug-likeness (QED) is 0.772. The summed E-state index contributed by atoms with van der Waals surface area (Å²) in [6.45, 7) is 1.94. The van der Waals surface area contributed by atoms with Crippen LogP contribution < -0.4 is 4.90 Å². The number of nitrogens with one attached hydrogen (secondary N) is 1. The Morgan fingerprint density at radius 3 is 2.85 bits per heavy atom. The molecule has 0 saturated carbocycles. The van der Waals surface area contributed by atoms with Crippen LogP contribution in [-0.2, 0) is 0 Å². The molecular formula is C16H15N3S. The number of rotatable bonds is 2. The molecule has 0 fully saturated rings. The van der Waals surface area contributed by atoms with Crippen LogP contribution in [0.25, 0.3) is 16.6 Å². The Kier molecular flexibility index (Phi) is 2.81. The lowest BCUT2D eigenvalue weighted by Gasteiger charge is -2.25. The largest absolute Gasteiger partial charge is 0.338 e. The highest BCUT2D eigenvalue weighted by Gasteiger charge is 2.16. The molecule has 3 aromatic rings. The minimum absolute atomic E-state index is 0.924. The molecule has 20 heavy (non-hydrogen) atoms. The van der Waals surface area contributed by atoms with Crippen LogP contribution in [-0.4, -0.2) is 23.1 Å². The van der Waals surface area contributed by atoms with Gasteiger partial charge in [-0.15, -0.1) is 11.3 Å². The zero-order valence-corrected chi connectivity index (χ0v) is 11.9. The van der Waals surface area contributed by atoms with Gasteiger partial charge >= 0.3 is 0 Å². The highest BCUT2D eigenvalue weighted by molar-refractivity contribution is 7.11. The van der Waals surface area contributed by atoms with Gasteiger partial charge in [-0.1, -0.05) is 24.3 Å². The van der Waals surface area contributed by atoms with Crippen molar-refractivity contribution >= 4 is 33.9 Å². The molecule has 0 radical (unpaired) electrons. The zero-order valence-electron chi connectivity index (χ0n) is 11.0. The fraction of sp³-hybridized carbons (Fsp3) is 0.188. The van der Waals surface area contributed by atoms with E-state index in [1.165, 1.54) is 10.5 Å². The summed E-state index contributed by atoms with van der Waals surface area (Å²) in [5.41, 5.74) is 3.61. The van der Waals surface area contributed by atoms with Gasteiger partial charge < -0.3 is 9.88 Å². The lowest BCUT2D eigenvalue weighted by atomic mass is 10.1. The number of nitrogens with zero attached hydrogens (tertiary/aromatic N) is 2. The lowest BCUT2D eigenvalue weighted by Crippen LogP contribution is -2.29. The maximum atomic E-state index is 4.67. The monoisotopic (exact) mass is 281 g/mol. The van der Waals surface area contributed by atoms with Crippen LogP contribution in [0, 0.1) is 0 Å². The third-order valence-electron chi connectivity index (χ3n) is 3.72. The second-order valence-electron chi connectivity index (χ2n) is 4.98. The molecule has 0 bridgehead atoms. The number of fused-ring (bicyclic) bond motifs is 1. The number of anilines is 1. The molecule has 2 aromatic heterocycles. The van der Waals surface area contributed by atoms with E-state index in [9.17, 15) is 0 Å². The molecule has 4 rings (SSSR count). The van der Waals surface area contributed by atoms with Gasteiger partial charge in [0, 0.05) is 18.0 Å². The highest BCUT2D eigenvalue weighted by Crippen LogP contribution is 2.28. The molecule has 1 aromatic carbocycles. The van der Waals surface area contributed by atoms with Crippen molar-refractivity contribution in [2.24, 2.45) is 0 Å². The molecule has 3 heterocycles. The summed E-state index contributed by atoms with van der Waals surface area (Å²) in [7, 11) is 0. The number of aromatic amines is 1. The van der Waals surface area contributed by atoms with Gasteiger partial charge in [0.2, 0.25) is 5.95 Å². The van der Waals surface area contributed by atoms with E-state index in [0.29, 0.717) is 0 Å². The number of hydrogen-bond acceptors (Lipinski definition) is 3. The van der Waals surface area contributed by atoms with Crippen molar-refractivity contribution in [1.82, 2.24) is 9.97 Å². The van der Waals surface area contributed by atoms with E-state index in [-0.39, 0.29) is 0 Å². The minimum Gasteiger partial charge on any atom is -0.338 e. The standard InChI is InChI=1S/C16H15N3S/c1-2-5-14-13(4-1)17-16(18-14)19-9-7-12(8-10-19)15-6-3-11-20-15/h1-7,11H,8-10H2,(H,17,18). The Hall–Kier alpha value is -2.07. The van der Waals surface area contributed by atoms with Crippen LogP contribution in [0.4, 0.5) is 5.95 Å². The third kappa shape index (κ3) is 2.02. The van der Waals surface area contributed by atoms with E-state index in [2.05, 4.69) is 44.5 Å². The van der Waals surface area contributed by atoms with Crippen molar-refractivity contribution in [3.63, 3.8) is 0 Å². The molecule has 0 amide bonds. The van der Waals surface area contributed by atoms with E-state index >= 15 is 0 Å². The van der Waals surface area contributed by atoms with Crippen LogP contribution in [0.15, 0.2) is 47.9 Å². The van der Waals surface area contributed by atoms with Crippen LogP contribution >= 0.6 is 11.3 Å². The number of H-pyrrole nitrogens is 1. The van der Waals surface area contributed by atoms with Crippen molar-refractivity contribution in [1.29, 1.82) is 0 Å². The van der Waals surface area contributed by atoms with Gasteiger partial charge in [0.15, 0.2) is 0 Å². The maximum Gasteiger partial charge on any atom is 0.204 e. The van der Waals surface area contributed by atoms with Gasteiger partial charge in [0.05, 0.1) is 11.0 Å². The molecule has 100 valence electrons. The molecule has 1 aliphatic heterocycles. The number of thiophene rings is 1. The van der Waals surface area contributed by atoms with Crippen LogP contribution in [0.2, 0.25) is 0 Å². The Morgan fingerprint density at radius 2 is 2.10 bits per heavy atom. The molecule has 0 unspecified atom stereocenters. The van der Waals surface area contributed by atoms with Crippen LogP contribution in [0.3, 0.4) is 0 Å². The van der Waals surface area contributed by atoms with Crippen molar-refractivity contribution in [2.45, 2.75) is 6.42 Å². The van der Waals surface area contributed by atoms with E-state index in [1.807, 2.05) is 29.5 Å². The van der Waals surface area contributed by atoms with Gasteiger partial charge in [-0.25, -0.2) is 4.98 Å². The second kappa shape index (κ2) is 4.80. The van der Waals surface area contributed by atoms with Gasteiger partial charge in [0.1, 0.15) is 0 Å². The number of benzene rings is 1. The smallest absolute Gasteiger partial charge is 0.204 e. The summed E-state index contributed by atoms with van der Waals surface area (Å²) >= 11 is 1.82. The van der Waals surface area contributed by atoms with E-state index in [4.69, 9.17) is 0 Å². The fourth-order valence-electron chi connectivity index (χ4n) is 2.64. The number of aromatic nitrogens is 2. The molecule has 4 heteroatoms. The van der Waals surface area contributed by atoms with E-state index in [0.717, 1.165) is 36.5 Å². The summed E-state index contributed by atoms with van der Waals surface area (Å²) in [6.07, 6.45) is 3.40. The normalized spacial score (nSPS) is 15.6. The summed E-state index contributed by atoms with van der Waals surface area (Å²) in [4.78, 5) is 11.8. The molecular weight excluding hydrogens is 266 g/mol. The summed E-state index contributed by atoms with van der Waals surface area (Å²) in [5.74, 6) is 0.979. The van der Waals surface area contributed by atoms with Crippen molar-refractivity contribution < 1.29 is 0 Å². The SMILES string of the molecule is C1=C(c2cccs2)CCN(c2nc3ccccc3[nH]2)C1. The van der Waals surface area contributed by atoms with Gasteiger partial charge in [-0.3, -0.25) is 0 Å². The Morgan fingerprint density at radius 1 is 1.15 bits per heavy atom. The van der Waals surface area contributed by atoms with Crippen molar-refractivity contribution in [3.8, 4) is 0 Å². The second-order valence-corrected chi connectivity index (χ2v) is 5.93. The summed E-state index contributed by atoms with van der Waals surface area (Å²) in [5, 5.41) is 2.14. The molecule has 1 N–H and O–H groups in total. The molecule has 0 atom stereocenters. The third-order valence-corrected chi connectivity index (χ3v) is 4.67. The topological polar surface area (TPSA) is 31.9 Å². The first-order valence-corrected chi connectivity index (χ1v) is 7.71. The van der Waals surface area contributed by atoms with Crippen molar-refractivity contribution in [3.05, 3.63) is 52.7 Å². The fourth-order valence-corrected chi connectivity index (χ4v) is 3.43. The Bertz CT molecular complexity index is 722. The molecule has 0 saturated heterocycles. The molecule has 0 spiro atoms. The van der Waals surface area contributed by atoms with Gasteiger partial charge in [-0.05, 0) is 35.6 Å². The highest BCUT2D eigenvalue weighted by atomic mass is 32.1. The molecule has 0 aliphatic carbocycles. The van der Waals surface area contributed by atoms with Gasteiger partial charge in [-0.2, -0.15) is 0 Å². The first-order valence-electron chi connectivity index (χ1n) is 6.83. The average molecular weight is 281 g/mol. The Labute approximate surface area is 121 Å². The van der Waals surface area contributed by atoms with E-state index in [1.54, 1.807) is 0 Å². The van der Waals surface area contributed by atoms with E-state index < -0.39 is 0 Å². The summed E-state index contributed by atoms with van der Waals surface area (Å²) < 4.78 is 0. The summed E-state index contributed by atoms with van der Waals surface area (Å²) in [6, 6.07) is 12.5. The van der Waals surface area contributed by atoms with Crippen LogP contribution in [0.5, 0.6) is 0 Å². The predicted octanol–water partition coefficient (Wildman–Crippen LogP) is 3.92. The number of para-hydroxylation sites is 2. The maximum absolute atomic E-state index is 4.67. The number of hydrogen-bond donors (Lipinski definition) is 1. The average Bonchev–Trinajstić information content (AvgIpc) is 3.17. The minimum atomic E-state index is 0.924. The predicted molar refractivity (Wildman–Crippen MR) is 85.2 cm³/mol. The molecule has 1 aliphatic rings. The van der Waals surface area contributed by atoms with Gasteiger partial charge in [0.25, 0.3) is 0 Å². The zero-order chi connectivity index (χ0) is 13.4.